The molecule has 0 atom stereocenters. The highest BCUT2D eigenvalue weighted by atomic mass is 16.4. The second-order valence-electron chi connectivity index (χ2n) is 3.63. The number of carbonyl (C=O) groups is 2. The van der Waals surface area contributed by atoms with Crippen LogP contribution in [0.15, 0.2) is 35.9 Å². The number of hydrogen-bond acceptors (Lipinski definition) is 3. The highest BCUT2D eigenvalue weighted by molar-refractivity contribution is 6.21. The molecule has 4 nitrogen and oxygen atoms in total. The molecule has 0 saturated carbocycles. The SMILES string of the molecule is CCCC(=O)C(C(=O)O)=C(N)c1ccccc1. The molecule has 0 saturated heterocycles. The van der Waals surface area contributed by atoms with Crippen LogP contribution >= 0.6 is 0 Å². The maximum atomic E-state index is 11.7. The zero-order valence-electron chi connectivity index (χ0n) is 9.64. The first-order valence-electron chi connectivity index (χ1n) is 5.39. The topological polar surface area (TPSA) is 80.4 Å². The predicted molar refractivity (Wildman–Crippen MR) is 65.1 cm³/mol. The van der Waals surface area contributed by atoms with E-state index in [2.05, 4.69) is 0 Å². The number of Topliss-reactive ketones (excluding diaryl/α,β-unsaturated/α-hetero) is 1. The van der Waals surface area contributed by atoms with E-state index < -0.39 is 11.8 Å². The lowest BCUT2D eigenvalue weighted by Gasteiger charge is -2.07. The summed E-state index contributed by atoms with van der Waals surface area (Å²) in [4.78, 5) is 22.8. The largest absolute Gasteiger partial charge is 0.477 e. The molecule has 3 N–H and O–H groups in total. The third-order valence-corrected chi connectivity index (χ3v) is 2.32. The number of ketones is 1. The maximum Gasteiger partial charge on any atom is 0.341 e. The molecule has 0 spiro atoms. The second-order valence-corrected chi connectivity index (χ2v) is 3.63. The van der Waals surface area contributed by atoms with Crippen LogP contribution in [0.25, 0.3) is 5.70 Å². The Morgan fingerprint density at radius 2 is 1.82 bits per heavy atom. The molecule has 1 aromatic rings. The molecule has 0 aliphatic heterocycles. The summed E-state index contributed by atoms with van der Waals surface area (Å²) in [6.07, 6.45) is 0.785. The van der Waals surface area contributed by atoms with Gasteiger partial charge in [-0.05, 0) is 12.0 Å². The van der Waals surface area contributed by atoms with Gasteiger partial charge in [-0.25, -0.2) is 4.79 Å². The quantitative estimate of drug-likeness (QED) is 0.461. The van der Waals surface area contributed by atoms with Gasteiger partial charge in [0.1, 0.15) is 5.57 Å². The third kappa shape index (κ3) is 3.17. The van der Waals surface area contributed by atoms with Crippen LogP contribution in [0.5, 0.6) is 0 Å². The highest BCUT2D eigenvalue weighted by Gasteiger charge is 2.20. The minimum Gasteiger partial charge on any atom is -0.477 e. The van der Waals surface area contributed by atoms with Gasteiger partial charge in [0.15, 0.2) is 5.78 Å². The number of aliphatic carboxylic acids is 1. The Balaban J connectivity index is 3.21. The monoisotopic (exact) mass is 233 g/mol. The normalized spacial score (nSPS) is 11.8. The standard InChI is InChI=1S/C13H15NO3/c1-2-6-10(15)11(13(16)17)12(14)9-7-4-3-5-8-9/h3-5,7-8H,2,6,14H2,1H3,(H,16,17). The minimum atomic E-state index is -1.27. The van der Waals surface area contributed by atoms with Gasteiger partial charge in [-0.1, -0.05) is 37.3 Å². The van der Waals surface area contributed by atoms with E-state index in [4.69, 9.17) is 10.8 Å². The zero-order chi connectivity index (χ0) is 12.8. The minimum absolute atomic E-state index is 0.0246. The molecule has 0 heterocycles. The summed E-state index contributed by atoms with van der Waals surface area (Å²) in [5.74, 6) is -1.70. The van der Waals surface area contributed by atoms with Gasteiger partial charge in [-0.2, -0.15) is 0 Å². The summed E-state index contributed by atoms with van der Waals surface area (Å²) in [6.45, 7) is 1.82. The Hall–Kier alpha value is -2.10. The number of carboxylic acids is 1. The van der Waals surface area contributed by atoms with Crippen molar-refractivity contribution in [3.63, 3.8) is 0 Å². The zero-order valence-corrected chi connectivity index (χ0v) is 9.64. The second kappa shape index (κ2) is 5.84. The smallest absolute Gasteiger partial charge is 0.341 e. The van der Waals surface area contributed by atoms with Crippen LogP contribution in [0, 0.1) is 0 Å². The fraction of sp³-hybridized carbons (Fsp3) is 0.231. The molecule has 0 radical (unpaired) electrons. The first kappa shape index (κ1) is 13.0. The van der Waals surface area contributed by atoms with Crippen molar-refractivity contribution in [3.8, 4) is 0 Å². The summed E-state index contributed by atoms with van der Waals surface area (Å²) in [6, 6.07) is 8.64. The van der Waals surface area contributed by atoms with E-state index in [0.29, 0.717) is 12.0 Å². The molecule has 0 aliphatic rings. The molecule has 0 unspecified atom stereocenters. The number of carbonyl (C=O) groups excluding carboxylic acids is 1. The summed E-state index contributed by atoms with van der Waals surface area (Å²) >= 11 is 0. The van der Waals surface area contributed by atoms with Gasteiger partial charge in [-0.15, -0.1) is 0 Å². The molecule has 90 valence electrons. The lowest BCUT2D eigenvalue weighted by atomic mass is 10.0. The average molecular weight is 233 g/mol. The van der Waals surface area contributed by atoms with Gasteiger partial charge < -0.3 is 10.8 Å². The highest BCUT2D eigenvalue weighted by Crippen LogP contribution is 2.16. The lowest BCUT2D eigenvalue weighted by molar-refractivity contribution is -0.134. The number of nitrogens with two attached hydrogens (primary N) is 1. The Labute approximate surface area is 99.8 Å². The lowest BCUT2D eigenvalue weighted by Crippen LogP contribution is -2.17. The first-order valence-corrected chi connectivity index (χ1v) is 5.39. The maximum absolute atomic E-state index is 11.7. The fourth-order valence-electron chi connectivity index (χ4n) is 1.50. The van der Waals surface area contributed by atoms with E-state index in [-0.39, 0.29) is 17.7 Å². The van der Waals surface area contributed by atoms with E-state index in [9.17, 15) is 9.59 Å². The molecule has 0 amide bonds. The summed E-state index contributed by atoms with van der Waals surface area (Å²) < 4.78 is 0. The summed E-state index contributed by atoms with van der Waals surface area (Å²) in [7, 11) is 0. The number of rotatable bonds is 5. The van der Waals surface area contributed by atoms with Crippen molar-refractivity contribution in [2.45, 2.75) is 19.8 Å². The van der Waals surface area contributed by atoms with Crippen LogP contribution in [-0.4, -0.2) is 16.9 Å². The van der Waals surface area contributed by atoms with Crippen LogP contribution < -0.4 is 5.73 Å². The van der Waals surface area contributed by atoms with Gasteiger partial charge in [0.05, 0.1) is 5.70 Å². The van der Waals surface area contributed by atoms with Crippen molar-refractivity contribution >= 4 is 17.4 Å². The third-order valence-electron chi connectivity index (χ3n) is 2.32. The number of carboxylic acid groups (broad SMARTS) is 1. The van der Waals surface area contributed by atoms with Gasteiger partial charge in [-0.3, -0.25) is 4.79 Å². The molecule has 4 heteroatoms. The van der Waals surface area contributed by atoms with E-state index in [0.717, 1.165) is 0 Å². The van der Waals surface area contributed by atoms with Crippen molar-refractivity contribution in [1.29, 1.82) is 0 Å². The Morgan fingerprint density at radius 3 is 2.29 bits per heavy atom. The fourth-order valence-corrected chi connectivity index (χ4v) is 1.50. The molecule has 1 rings (SSSR count). The summed E-state index contributed by atoms with van der Waals surface area (Å²) in [5, 5.41) is 9.04. The summed E-state index contributed by atoms with van der Waals surface area (Å²) in [5.41, 5.74) is 6.00. The van der Waals surface area contributed by atoms with Crippen LogP contribution in [0.4, 0.5) is 0 Å². The molecule has 0 bridgehead atoms. The van der Waals surface area contributed by atoms with Crippen molar-refractivity contribution in [3.05, 3.63) is 41.5 Å². The number of hydrogen-bond donors (Lipinski definition) is 2. The van der Waals surface area contributed by atoms with Crippen LogP contribution in [-0.2, 0) is 9.59 Å². The molecule has 0 aromatic heterocycles. The molecular weight excluding hydrogens is 218 g/mol. The van der Waals surface area contributed by atoms with Crippen LogP contribution in [0.2, 0.25) is 0 Å². The van der Waals surface area contributed by atoms with Crippen molar-refractivity contribution < 1.29 is 14.7 Å². The molecule has 17 heavy (non-hydrogen) atoms. The van der Waals surface area contributed by atoms with Crippen LogP contribution in [0.1, 0.15) is 25.3 Å². The molecule has 1 aromatic carbocycles. The Bertz CT molecular complexity index is 449. The van der Waals surface area contributed by atoms with Crippen molar-refractivity contribution in [2.24, 2.45) is 5.73 Å². The Morgan fingerprint density at radius 1 is 1.24 bits per heavy atom. The van der Waals surface area contributed by atoms with E-state index in [1.165, 1.54) is 0 Å². The van der Waals surface area contributed by atoms with Crippen LogP contribution in [0.3, 0.4) is 0 Å². The van der Waals surface area contributed by atoms with Gasteiger partial charge in [0.25, 0.3) is 0 Å². The predicted octanol–water partition coefficient (Wildman–Crippen LogP) is 1.81. The number of benzene rings is 1. The van der Waals surface area contributed by atoms with E-state index in [1.807, 2.05) is 6.92 Å². The van der Waals surface area contributed by atoms with Crippen molar-refractivity contribution in [1.82, 2.24) is 0 Å². The van der Waals surface area contributed by atoms with E-state index >= 15 is 0 Å². The van der Waals surface area contributed by atoms with Gasteiger partial charge >= 0.3 is 5.97 Å². The first-order chi connectivity index (χ1) is 8.07. The average Bonchev–Trinajstić information content (AvgIpc) is 2.30. The van der Waals surface area contributed by atoms with Gasteiger partial charge in [0, 0.05) is 6.42 Å². The van der Waals surface area contributed by atoms with E-state index in [1.54, 1.807) is 30.3 Å². The molecule has 0 fully saturated rings. The molecular formula is C13H15NO3. The van der Waals surface area contributed by atoms with Gasteiger partial charge in [0.2, 0.25) is 0 Å². The van der Waals surface area contributed by atoms with Crippen molar-refractivity contribution in [2.75, 3.05) is 0 Å². The molecule has 0 aliphatic carbocycles. The Kier molecular flexibility index (Phi) is 4.46.